The number of aromatic nitrogens is 2. The van der Waals surface area contributed by atoms with Gasteiger partial charge in [-0.05, 0) is 37.8 Å². The Balaban J connectivity index is 1.59. The number of rotatable bonds is 6. The standard InChI is InChI=1S/C14H24N4O/c1-12-5-2-6-15-13(12)11-14(19)16-7-3-9-18-10-4-8-17-18/h4,8,10,12-13,15H,2-3,5-7,9,11H2,1H3,(H,16,19). The van der Waals surface area contributed by atoms with Gasteiger partial charge < -0.3 is 10.6 Å². The van der Waals surface area contributed by atoms with Crippen molar-refractivity contribution in [2.24, 2.45) is 5.92 Å². The zero-order chi connectivity index (χ0) is 13.5. The molecule has 2 heterocycles. The summed E-state index contributed by atoms with van der Waals surface area (Å²) in [7, 11) is 0. The van der Waals surface area contributed by atoms with Crippen LogP contribution in [0.4, 0.5) is 0 Å². The highest BCUT2D eigenvalue weighted by molar-refractivity contribution is 5.76. The van der Waals surface area contributed by atoms with Crippen LogP contribution in [0, 0.1) is 5.92 Å². The summed E-state index contributed by atoms with van der Waals surface area (Å²) in [4.78, 5) is 11.8. The second kappa shape index (κ2) is 7.28. The van der Waals surface area contributed by atoms with E-state index in [0.717, 1.165) is 26.1 Å². The first-order chi connectivity index (χ1) is 9.25. The number of aryl methyl sites for hydroxylation is 1. The smallest absolute Gasteiger partial charge is 0.221 e. The highest BCUT2D eigenvalue weighted by Gasteiger charge is 2.22. The summed E-state index contributed by atoms with van der Waals surface area (Å²) in [6, 6.07) is 2.26. The second-order valence-electron chi connectivity index (χ2n) is 5.36. The Bertz CT molecular complexity index is 377. The van der Waals surface area contributed by atoms with E-state index in [4.69, 9.17) is 0 Å². The normalized spacial score (nSPS) is 23.2. The lowest BCUT2D eigenvalue weighted by atomic mass is 9.90. The fraction of sp³-hybridized carbons (Fsp3) is 0.714. The van der Waals surface area contributed by atoms with E-state index in [0.29, 0.717) is 18.4 Å². The van der Waals surface area contributed by atoms with Crippen LogP contribution in [0.15, 0.2) is 18.5 Å². The van der Waals surface area contributed by atoms with Crippen molar-refractivity contribution in [1.82, 2.24) is 20.4 Å². The molecular formula is C14H24N4O. The van der Waals surface area contributed by atoms with Gasteiger partial charge in [-0.3, -0.25) is 9.48 Å². The van der Waals surface area contributed by atoms with Gasteiger partial charge in [-0.2, -0.15) is 5.10 Å². The summed E-state index contributed by atoms with van der Waals surface area (Å²) in [6.45, 7) is 4.84. The van der Waals surface area contributed by atoms with Crippen LogP contribution in [0.3, 0.4) is 0 Å². The molecule has 0 radical (unpaired) electrons. The van der Waals surface area contributed by atoms with E-state index in [9.17, 15) is 4.79 Å². The maximum Gasteiger partial charge on any atom is 0.221 e. The third-order valence-corrected chi connectivity index (χ3v) is 3.78. The highest BCUT2D eigenvalue weighted by atomic mass is 16.1. The van der Waals surface area contributed by atoms with Crippen LogP contribution < -0.4 is 10.6 Å². The molecule has 2 atom stereocenters. The van der Waals surface area contributed by atoms with Crippen LogP contribution in [-0.4, -0.2) is 34.8 Å². The monoisotopic (exact) mass is 264 g/mol. The van der Waals surface area contributed by atoms with E-state index < -0.39 is 0 Å². The molecule has 0 aliphatic carbocycles. The number of hydrogen-bond donors (Lipinski definition) is 2. The van der Waals surface area contributed by atoms with Crippen molar-refractivity contribution in [3.63, 3.8) is 0 Å². The number of nitrogens with zero attached hydrogens (tertiary/aromatic N) is 2. The predicted molar refractivity (Wildman–Crippen MR) is 74.7 cm³/mol. The molecule has 5 nitrogen and oxygen atoms in total. The van der Waals surface area contributed by atoms with Gasteiger partial charge in [-0.15, -0.1) is 0 Å². The van der Waals surface area contributed by atoms with Gasteiger partial charge in [0, 0.05) is 37.9 Å². The molecule has 1 aliphatic heterocycles. The Hall–Kier alpha value is -1.36. The van der Waals surface area contributed by atoms with E-state index in [1.54, 1.807) is 6.20 Å². The molecule has 1 aromatic rings. The maximum absolute atomic E-state index is 11.8. The Morgan fingerprint density at radius 3 is 3.21 bits per heavy atom. The SMILES string of the molecule is CC1CCCNC1CC(=O)NCCCn1cccn1. The van der Waals surface area contributed by atoms with Gasteiger partial charge in [0.2, 0.25) is 5.91 Å². The summed E-state index contributed by atoms with van der Waals surface area (Å²) in [5.74, 6) is 0.760. The Morgan fingerprint density at radius 1 is 1.58 bits per heavy atom. The van der Waals surface area contributed by atoms with E-state index in [2.05, 4.69) is 22.7 Å². The summed E-state index contributed by atoms with van der Waals surface area (Å²) in [5, 5.41) is 10.6. The first kappa shape index (κ1) is 14.1. The molecular weight excluding hydrogens is 240 g/mol. The molecule has 1 saturated heterocycles. The van der Waals surface area contributed by atoms with Crippen molar-refractivity contribution in [3.05, 3.63) is 18.5 Å². The van der Waals surface area contributed by atoms with E-state index in [-0.39, 0.29) is 5.91 Å². The molecule has 0 bridgehead atoms. The lowest BCUT2D eigenvalue weighted by Gasteiger charge is -2.29. The van der Waals surface area contributed by atoms with Crippen LogP contribution >= 0.6 is 0 Å². The fourth-order valence-corrected chi connectivity index (χ4v) is 2.56. The Labute approximate surface area is 114 Å². The summed E-state index contributed by atoms with van der Waals surface area (Å²) < 4.78 is 1.89. The quantitative estimate of drug-likeness (QED) is 0.758. The van der Waals surface area contributed by atoms with Crippen LogP contribution in [0.5, 0.6) is 0 Å². The predicted octanol–water partition coefficient (Wildman–Crippen LogP) is 1.17. The largest absolute Gasteiger partial charge is 0.356 e. The number of nitrogens with one attached hydrogen (secondary N) is 2. The summed E-state index contributed by atoms with van der Waals surface area (Å²) in [5.41, 5.74) is 0. The van der Waals surface area contributed by atoms with Crippen LogP contribution in [-0.2, 0) is 11.3 Å². The Morgan fingerprint density at radius 2 is 2.47 bits per heavy atom. The first-order valence-corrected chi connectivity index (χ1v) is 7.23. The lowest BCUT2D eigenvalue weighted by Crippen LogP contribution is -2.43. The zero-order valence-corrected chi connectivity index (χ0v) is 11.6. The van der Waals surface area contributed by atoms with Crippen molar-refractivity contribution in [2.45, 2.75) is 45.2 Å². The van der Waals surface area contributed by atoms with Gasteiger partial charge in [0.15, 0.2) is 0 Å². The lowest BCUT2D eigenvalue weighted by molar-refractivity contribution is -0.122. The van der Waals surface area contributed by atoms with Gasteiger partial charge in [0.1, 0.15) is 0 Å². The van der Waals surface area contributed by atoms with Gasteiger partial charge in [0.05, 0.1) is 0 Å². The number of carbonyl (C=O) groups excluding carboxylic acids is 1. The topological polar surface area (TPSA) is 59.0 Å². The van der Waals surface area contributed by atoms with Crippen molar-refractivity contribution in [3.8, 4) is 0 Å². The van der Waals surface area contributed by atoms with Crippen molar-refractivity contribution in [2.75, 3.05) is 13.1 Å². The highest BCUT2D eigenvalue weighted by Crippen LogP contribution is 2.17. The molecule has 2 rings (SSSR count). The third-order valence-electron chi connectivity index (χ3n) is 3.78. The zero-order valence-electron chi connectivity index (χ0n) is 11.6. The van der Waals surface area contributed by atoms with Crippen molar-refractivity contribution < 1.29 is 4.79 Å². The molecule has 2 N–H and O–H groups in total. The van der Waals surface area contributed by atoms with Crippen molar-refractivity contribution >= 4 is 5.91 Å². The maximum atomic E-state index is 11.8. The molecule has 5 heteroatoms. The number of amides is 1. The van der Waals surface area contributed by atoms with E-state index in [1.807, 2.05) is 16.9 Å². The second-order valence-corrected chi connectivity index (χ2v) is 5.36. The van der Waals surface area contributed by atoms with Gasteiger partial charge >= 0.3 is 0 Å². The molecule has 106 valence electrons. The van der Waals surface area contributed by atoms with E-state index in [1.165, 1.54) is 12.8 Å². The molecule has 1 fully saturated rings. The van der Waals surface area contributed by atoms with Gasteiger partial charge in [-0.25, -0.2) is 0 Å². The van der Waals surface area contributed by atoms with Crippen LogP contribution in [0.2, 0.25) is 0 Å². The first-order valence-electron chi connectivity index (χ1n) is 7.23. The molecule has 0 aromatic carbocycles. The summed E-state index contributed by atoms with van der Waals surface area (Å²) >= 11 is 0. The molecule has 0 saturated carbocycles. The molecule has 1 aromatic heterocycles. The summed E-state index contributed by atoms with van der Waals surface area (Å²) in [6.07, 6.45) is 7.68. The fourth-order valence-electron chi connectivity index (χ4n) is 2.56. The van der Waals surface area contributed by atoms with Crippen LogP contribution in [0.1, 0.15) is 32.6 Å². The molecule has 1 amide bonds. The Kier molecular flexibility index (Phi) is 5.39. The molecule has 0 spiro atoms. The molecule has 1 aliphatic rings. The average Bonchev–Trinajstić information content (AvgIpc) is 2.91. The van der Waals surface area contributed by atoms with Gasteiger partial charge in [-0.1, -0.05) is 6.92 Å². The number of piperidine rings is 1. The van der Waals surface area contributed by atoms with Crippen molar-refractivity contribution in [1.29, 1.82) is 0 Å². The van der Waals surface area contributed by atoms with E-state index >= 15 is 0 Å². The minimum Gasteiger partial charge on any atom is -0.356 e. The third kappa shape index (κ3) is 4.67. The number of carbonyl (C=O) groups is 1. The minimum absolute atomic E-state index is 0.159. The average molecular weight is 264 g/mol. The van der Waals surface area contributed by atoms with Crippen LogP contribution in [0.25, 0.3) is 0 Å². The van der Waals surface area contributed by atoms with Gasteiger partial charge in [0.25, 0.3) is 0 Å². The molecule has 19 heavy (non-hydrogen) atoms. The number of hydrogen-bond acceptors (Lipinski definition) is 3. The minimum atomic E-state index is 0.159. The molecule has 2 unspecified atom stereocenters.